The summed E-state index contributed by atoms with van der Waals surface area (Å²) in [6.45, 7) is 3.42. The standard InChI is InChI=1S/C29H30F6O2/c1-2-3-4-5-6-19-16-36-28(37-17-19)22-11-12-23-21(15-22)10-9-20(27(23)32)8-7-18-13-24(30)26(25(31)14-18)29(33,34)35/h9-15,19,28H,2-8,16-17H2,1H3. The largest absolute Gasteiger partial charge is 0.422 e. The van der Waals surface area contributed by atoms with Crippen LogP contribution in [0.15, 0.2) is 42.5 Å². The molecule has 0 saturated carbocycles. The molecule has 1 fully saturated rings. The van der Waals surface area contributed by atoms with Gasteiger partial charge in [0.1, 0.15) is 23.0 Å². The lowest BCUT2D eigenvalue weighted by Crippen LogP contribution is -2.27. The summed E-state index contributed by atoms with van der Waals surface area (Å²) in [5, 5.41) is 1.02. The van der Waals surface area contributed by atoms with Gasteiger partial charge in [-0.05, 0) is 54.0 Å². The molecule has 2 nitrogen and oxygen atoms in total. The molecule has 200 valence electrons. The van der Waals surface area contributed by atoms with Crippen LogP contribution in [0.2, 0.25) is 0 Å². The van der Waals surface area contributed by atoms with E-state index >= 15 is 4.39 Å². The van der Waals surface area contributed by atoms with Crippen molar-refractivity contribution in [2.75, 3.05) is 13.2 Å². The van der Waals surface area contributed by atoms with Crippen molar-refractivity contribution in [2.45, 2.75) is 64.3 Å². The fourth-order valence-electron chi connectivity index (χ4n) is 4.78. The molecule has 0 radical (unpaired) electrons. The molecule has 1 aliphatic rings. The van der Waals surface area contributed by atoms with Crippen LogP contribution in [-0.2, 0) is 28.5 Å². The number of alkyl halides is 3. The number of aryl methyl sites for hydroxylation is 2. The van der Waals surface area contributed by atoms with Crippen molar-refractivity contribution >= 4 is 10.8 Å². The highest BCUT2D eigenvalue weighted by molar-refractivity contribution is 5.84. The van der Waals surface area contributed by atoms with Crippen LogP contribution in [0.4, 0.5) is 26.3 Å². The van der Waals surface area contributed by atoms with E-state index in [1.807, 2.05) is 6.07 Å². The van der Waals surface area contributed by atoms with Crippen molar-refractivity contribution < 1.29 is 35.8 Å². The maximum atomic E-state index is 15.2. The Hall–Kier alpha value is -2.58. The zero-order chi connectivity index (χ0) is 26.6. The van der Waals surface area contributed by atoms with E-state index in [2.05, 4.69) is 6.92 Å². The highest BCUT2D eigenvalue weighted by Crippen LogP contribution is 2.35. The normalized spacial score (nSPS) is 18.5. The van der Waals surface area contributed by atoms with E-state index in [-0.39, 0.29) is 18.4 Å². The Balaban J connectivity index is 1.40. The van der Waals surface area contributed by atoms with Crippen LogP contribution in [0.3, 0.4) is 0 Å². The number of fused-ring (bicyclic) bond motifs is 1. The minimum atomic E-state index is -5.13. The predicted octanol–water partition coefficient (Wildman–Crippen LogP) is 8.69. The van der Waals surface area contributed by atoms with Gasteiger partial charge in [0.05, 0.1) is 13.2 Å². The smallest absolute Gasteiger partial charge is 0.348 e. The third kappa shape index (κ3) is 6.65. The molecule has 0 amide bonds. The number of ether oxygens (including phenoxy) is 2. The summed E-state index contributed by atoms with van der Waals surface area (Å²) in [4.78, 5) is 0. The quantitative estimate of drug-likeness (QED) is 0.206. The maximum Gasteiger partial charge on any atom is 0.422 e. The third-order valence-corrected chi connectivity index (χ3v) is 6.83. The molecule has 1 saturated heterocycles. The molecular formula is C29H30F6O2. The van der Waals surface area contributed by atoms with Gasteiger partial charge in [0.15, 0.2) is 6.29 Å². The van der Waals surface area contributed by atoms with Gasteiger partial charge in [0, 0.05) is 16.9 Å². The fourth-order valence-corrected chi connectivity index (χ4v) is 4.78. The van der Waals surface area contributed by atoms with E-state index in [0.717, 1.165) is 18.4 Å². The van der Waals surface area contributed by atoms with Gasteiger partial charge in [-0.3, -0.25) is 0 Å². The molecule has 8 heteroatoms. The average Bonchev–Trinajstić information content (AvgIpc) is 2.85. The monoisotopic (exact) mass is 524 g/mol. The minimum absolute atomic E-state index is 0.0180. The maximum absolute atomic E-state index is 15.2. The van der Waals surface area contributed by atoms with Crippen LogP contribution >= 0.6 is 0 Å². The number of unbranched alkanes of at least 4 members (excludes halogenated alkanes) is 3. The van der Waals surface area contributed by atoms with Crippen molar-refractivity contribution in [1.29, 1.82) is 0 Å². The van der Waals surface area contributed by atoms with E-state index in [1.54, 1.807) is 24.3 Å². The summed E-state index contributed by atoms with van der Waals surface area (Å²) in [6.07, 6.45) is 0.301. The summed E-state index contributed by atoms with van der Waals surface area (Å²) in [5.41, 5.74) is -0.803. The second-order valence-electron chi connectivity index (χ2n) is 9.67. The fraction of sp³-hybridized carbons (Fsp3) is 0.448. The third-order valence-electron chi connectivity index (χ3n) is 6.83. The summed E-state index contributed by atoms with van der Waals surface area (Å²) in [7, 11) is 0. The molecule has 37 heavy (non-hydrogen) atoms. The molecule has 1 heterocycles. The molecule has 0 aliphatic carbocycles. The lowest BCUT2D eigenvalue weighted by molar-refractivity contribution is -0.206. The minimum Gasteiger partial charge on any atom is -0.348 e. The van der Waals surface area contributed by atoms with Crippen molar-refractivity contribution in [1.82, 2.24) is 0 Å². The Morgan fingerprint density at radius 1 is 0.838 bits per heavy atom. The van der Waals surface area contributed by atoms with E-state index in [4.69, 9.17) is 9.47 Å². The Morgan fingerprint density at radius 2 is 1.54 bits per heavy atom. The van der Waals surface area contributed by atoms with Gasteiger partial charge in [-0.15, -0.1) is 0 Å². The second-order valence-corrected chi connectivity index (χ2v) is 9.67. The second kappa shape index (κ2) is 11.9. The van der Waals surface area contributed by atoms with Crippen LogP contribution < -0.4 is 0 Å². The molecular weight excluding hydrogens is 494 g/mol. The molecule has 0 atom stereocenters. The number of benzene rings is 3. The number of halogens is 6. The van der Waals surface area contributed by atoms with Gasteiger partial charge in [-0.2, -0.15) is 13.2 Å². The van der Waals surface area contributed by atoms with Gasteiger partial charge in [-0.25, -0.2) is 13.2 Å². The Kier molecular flexibility index (Phi) is 8.80. The van der Waals surface area contributed by atoms with Crippen LogP contribution in [0.5, 0.6) is 0 Å². The molecule has 4 rings (SSSR count). The predicted molar refractivity (Wildman–Crippen MR) is 130 cm³/mol. The van der Waals surface area contributed by atoms with Crippen molar-refractivity contribution in [3.05, 3.63) is 82.2 Å². The van der Waals surface area contributed by atoms with Gasteiger partial charge in [-0.1, -0.05) is 56.9 Å². The van der Waals surface area contributed by atoms with E-state index < -0.39 is 35.5 Å². The summed E-state index contributed by atoms with van der Waals surface area (Å²) in [6, 6.07) is 9.83. The number of hydrogen-bond acceptors (Lipinski definition) is 2. The highest BCUT2D eigenvalue weighted by atomic mass is 19.4. The average molecular weight is 525 g/mol. The Morgan fingerprint density at radius 3 is 2.19 bits per heavy atom. The van der Waals surface area contributed by atoms with Gasteiger partial charge in [0.25, 0.3) is 0 Å². The van der Waals surface area contributed by atoms with Crippen LogP contribution in [-0.4, -0.2) is 13.2 Å². The highest BCUT2D eigenvalue weighted by Gasteiger charge is 2.37. The molecule has 3 aromatic rings. The topological polar surface area (TPSA) is 18.5 Å². The van der Waals surface area contributed by atoms with Crippen LogP contribution in [0.25, 0.3) is 10.8 Å². The van der Waals surface area contributed by atoms with Crippen molar-refractivity contribution in [3.63, 3.8) is 0 Å². The lowest BCUT2D eigenvalue weighted by Gasteiger charge is -2.30. The molecule has 0 spiro atoms. The SMILES string of the molecule is CCCCCCC1COC(c2ccc3c(F)c(CCc4cc(F)c(C(F)(F)F)c(F)c4)ccc3c2)OC1. The summed E-state index contributed by atoms with van der Waals surface area (Å²) in [5.74, 6) is -3.46. The van der Waals surface area contributed by atoms with Crippen LogP contribution in [0, 0.1) is 23.4 Å². The molecule has 1 aliphatic heterocycles. The molecule has 0 unspecified atom stereocenters. The van der Waals surface area contributed by atoms with E-state index in [0.29, 0.717) is 47.6 Å². The van der Waals surface area contributed by atoms with Gasteiger partial charge in [0.2, 0.25) is 0 Å². The van der Waals surface area contributed by atoms with Crippen molar-refractivity contribution in [2.24, 2.45) is 5.92 Å². The summed E-state index contributed by atoms with van der Waals surface area (Å²) >= 11 is 0. The first-order valence-corrected chi connectivity index (χ1v) is 12.7. The lowest BCUT2D eigenvalue weighted by atomic mass is 9.98. The van der Waals surface area contributed by atoms with Gasteiger partial charge < -0.3 is 9.47 Å². The molecule has 0 aromatic heterocycles. The number of hydrogen-bond donors (Lipinski definition) is 0. The zero-order valence-electron chi connectivity index (χ0n) is 20.6. The first-order valence-electron chi connectivity index (χ1n) is 12.7. The van der Waals surface area contributed by atoms with Gasteiger partial charge >= 0.3 is 6.18 Å². The van der Waals surface area contributed by atoms with E-state index in [9.17, 15) is 22.0 Å². The zero-order valence-corrected chi connectivity index (χ0v) is 20.6. The Bertz CT molecular complexity index is 1190. The Labute approximate surface area is 212 Å². The first kappa shape index (κ1) is 27.5. The first-order chi connectivity index (χ1) is 17.7. The van der Waals surface area contributed by atoms with Crippen molar-refractivity contribution in [3.8, 4) is 0 Å². The number of rotatable bonds is 9. The molecule has 3 aromatic carbocycles. The molecule has 0 bridgehead atoms. The molecule has 0 N–H and O–H groups in total. The van der Waals surface area contributed by atoms with Crippen LogP contribution in [0.1, 0.15) is 67.6 Å². The van der Waals surface area contributed by atoms with E-state index in [1.165, 1.54) is 19.3 Å². The summed E-state index contributed by atoms with van der Waals surface area (Å²) < 4.78 is 93.1.